The van der Waals surface area contributed by atoms with Gasteiger partial charge in [-0.15, -0.1) is 11.8 Å². The number of carboxylic acid groups (broad SMARTS) is 2. The average molecular weight is 841 g/mol. The van der Waals surface area contributed by atoms with E-state index in [0.717, 1.165) is 0 Å². The number of benzene rings is 2. The minimum absolute atomic E-state index is 0.101. The summed E-state index contributed by atoms with van der Waals surface area (Å²) in [6.07, 6.45) is 0.738. The molecular weight excluding hydrogens is 765 g/mol. The Morgan fingerprint density at radius 1 is 0.508 bits per heavy atom. The molecule has 6 N–H and O–H groups in total. The van der Waals surface area contributed by atoms with Crippen LogP contribution in [0.15, 0.2) is 24.3 Å². The van der Waals surface area contributed by atoms with Gasteiger partial charge < -0.3 is 31.1 Å². The zero-order valence-corrected chi connectivity index (χ0v) is 40.1. The quantitative estimate of drug-likeness (QED) is 0.0962. The lowest BCUT2D eigenvalue weighted by molar-refractivity contribution is -0.151. The summed E-state index contributed by atoms with van der Waals surface area (Å²) in [4.78, 5) is 54.8. The number of carbonyl (C=O) groups excluding carboxylic acids is 2. The molecule has 2 rings (SSSR count). The lowest BCUT2D eigenvalue weighted by Gasteiger charge is -2.46. The van der Waals surface area contributed by atoms with Gasteiger partial charge >= 0.3 is 11.9 Å². The SMILES string of the molecule is CCC(=O)NC(CC)C(C)(C(=O)O)C(SC(c1cc(C(C)(C)C)c(O)c(C(C)(C)C)c1)C(C)(C(=O)O)C(CC)NC(=O)CC)c1cc(C(C)(C)C)c(O)c(C(C)(C)C)c1. The van der Waals surface area contributed by atoms with Gasteiger partial charge in [-0.05, 0) is 81.7 Å². The van der Waals surface area contributed by atoms with Gasteiger partial charge in [0.15, 0.2) is 0 Å². The Morgan fingerprint density at radius 2 is 0.746 bits per heavy atom. The second-order valence-electron chi connectivity index (χ2n) is 20.8. The van der Waals surface area contributed by atoms with Gasteiger partial charge in [-0.25, -0.2) is 0 Å². The van der Waals surface area contributed by atoms with Gasteiger partial charge in [0.25, 0.3) is 0 Å². The van der Waals surface area contributed by atoms with Gasteiger partial charge in [-0.1, -0.05) is 135 Å². The lowest BCUT2D eigenvalue weighted by atomic mass is 9.72. The maximum absolute atomic E-state index is 14.2. The number of hydrogen-bond donors (Lipinski definition) is 6. The van der Waals surface area contributed by atoms with Crippen LogP contribution in [-0.4, -0.2) is 56.3 Å². The summed E-state index contributed by atoms with van der Waals surface area (Å²) in [5.41, 5.74) is -2.44. The Balaban J connectivity index is 3.53. The van der Waals surface area contributed by atoms with Crippen LogP contribution >= 0.6 is 11.8 Å². The smallest absolute Gasteiger partial charge is 0.312 e. The molecule has 0 radical (unpaired) electrons. The normalized spacial score (nSPS) is 16.8. The Hall–Kier alpha value is -3.73. The van der Waals surface area contributed by atoms with Crippen molar-refractivity contribution in [2.75, 3.05) is 0 Å². The van der Waals surface area contributed by atoms with E-state index in [2.05, 4.69) is 10.6 Å². The van der Waals surface area contributed by atoms with E-state index in [-0.39, 0.29) is 49.0 Å². The van der Waals surface area contributed by atoms with Gasteiger partial charge in [0.1, 0.15) is 22.3 Å². The fourth-order valence-corrected chi connectivity index (χ4v) is 9.96. The molecule has 59 heavy (non-hydrogen) atoms. The molecule has 2 aromatic rings. The molecule has 0 bridgehead atoms. The number of aliphatic carboxylic acids is 2. The van der Waals surface area contributed by atoms with E-state index in [1.165, 1.54) is 11.8 Å². The highest BCUT2D eigenvalue weighted by Crippen LogP contribution is 2.60. The third-order valence-electron chi connectivity index (χ3n) is 12.0. The molecule has 0 heterocycles. The number of rotatable bonds is 16. The highest BCUT2D eigenvalue weighted by Gasteiger charge is 2.56. The van der Waals surface area contributed by atoms with Gasteiger partial charge in [0.2, 0.25) is 11.8 Å². The second kappa shape index (κ2) is 18.5. The van der Waals surface area contributed by atoms with Gasteiger partial charge in [-0.3, -0.25) is 19.2 Å². The fraction of sp³-hybridized carbons (Fsp3) is 0.667. The molecule has 11 heteroatoms. The average Bonchev–Trinajstić information content (AvgIpc) is 3.10. The Kier molecular flexibility index (Phi) is 16.1. The van der Waals surface area contributed by atoms with E-state index in [4.69, 9.17) is 0 Å². The van der Waals surface area contributed by atoms with Crippen molar-refractivity contribution in [2.24, 2.45) is 10.8 Å². The Bertz CT molecular complexity index is 1660. The van der Waals surface area contributed by atoms with Crippen LogP contribution in [0, 0.1) is 10.8 Å². The summed E-state index contributed by atoms with van der Waals surface area (Å²) in [5.74, 6) is -2.84. The predicted molar refractivity (Wildman–Crippen MR) is 241 cm³/mol. The number of thioether (sulfide) groups is 1. The Labute approximate surface area is 359 Å². The van der Waals surface area contributed by atoms with Crippen LogP contribution in [0.5, 0.6) is 11.5 Å². The second-order valence-corrected chi connectivity index (χ2v) is 22.0. The molecule has 2 amide bonds. The highest BCUT2D eigenvalue weighted by molar-refractivity contribution is 7.99. The molecule has 6 unspecified atom stereocenters. The summed E-state index contributed by atoms with van der Waals surface area (Å²) < 4.78 is 0. The van der Waals surface area contributed by atoms with Gasteiger partial charge in [0.05, 0.1) is 0 Å². The molecule has 2 aromatic carbocycles. The maximum atomic E-state index is 14.2. The molecule has 0 aliphatic carbocycles. The van der Waals surface area contributed by atoms with Crippen molar-refractivity contribution in [3.05, 3.63) is 57.6 Å². The van der Waals surface area contributed by atoms with E-state index in [0.29, 0.717) is 33.4 Å². The summed E-state index contributed by atoms with van der Waals surface area (Å²) in [7, 11) is 0. The van der Waals surface area contributed by atoms with Crippen molar-refractivity contribution in [3.8, 4) is 11.5 Å². The number of phenols is 2. The van der Waals surface area contributed by atoms with Crippen molar-refractivity contribution in [3.63, 3.8) is 0 Å². The lowest BCUT2D eigenvalue weighted by Crippen LogP contribution is -2.55. The molecule has 332 valence electrons. The molecule has 0 aliphatic rings. The molecule has 10 nitrogen and oxygen atoms in total. The molecule has 6 atom stereocenters. The highest BCUT2D eigenvalue weighted by atomic mass is 32.2. The van der Waals surface area contributed by atoms with Crippen molar-refractivity contribution in [2.45, 2.75) is 195 Å². The zero-order chi connectivity index (χ0) is 46.0. The van der Waals surface area contributed by atoms with Crippen LogP contribution in [0.3, 0.4) is 0 Å². The third kappa shape index (κ3) is 11.0. The first kappa shape index (κ1) is 51.4. The first-order valence-corrected chi connectivity index (χ1v) is 22.1. The van der Waals surface area contributed by atoms with E-state index in [9.17, 15) is 39.6 Å². The van der Waals surface area contributed by atoms with E-state index >= 15 is 0 Å². The van der Waals surface area contributed by atoms with Crippen molar-refractivity contribution in [1.82, 2.24) is 10.6 Å². The first-order chi connectivity index (χ1) is 26.7. The minimum Gasteiger partial charge on any atom is -0.507 e. The predicted octanol–water partition coefficient (Wildman–Crippen LogP) is 10.6. The monoisotopic (exact) mass is 841 g/mol. The minimum atomic E-state index is -1.77. The van der Waals surface area contributed by atoms with E-state index in [1.54, 1.807) is 27.7 Å². The van der Waals surface area contributed by atoms with Gasteiger partial charge in [0, 0.05) is 35.4 Å². The van der Waals surface area contributed by atoms with E-state index in [1.807, 2.05) is 121 Å². The largest absolute Gasteiger partial charge is 0.507 e. The molecule has 0 saturated heterocycles. The van der Waals surface area contributed by atoms with Crippen LogP contribution in [0.2, 0.25) is 0 Å². The Morgan fingerprint density at radius 3 is 0.915 bits per heavy atom. The number of carbonyl (C=O) groups is 4. The number of aromatic hydroxyl groups is 2. The molecule has 0 aromatic heterocycles. The maximum Gasteiger partial charge on any atom is 0.312 e. The van der Waals surface area contributed by atoms with Crippen LogP contribution in [0.1, 0.15) is 194 Å². The van der Waals surface area contributed by atoms with Crippen LogP contribution in [-0.2, 0) is 40.8 Å². The van der Waals surface area contributed by atoms with Crippen LogP contribution < -0.4 is 10.6 Å². The van der Waals surface area contributed by atoms with Gasteiger partial charge in [-0.2, -0.15) is 0 Å². The fourth-order valence-electron chi connectivity index (χ4n) is 8.00. The first-order valence-electron chi connectivity index (χ1n) is 21.2. The molecular formula is C48H76N2O8S. The third-order valence-corrected chi connectivity index (χ3v) is 14.0. The number of nitrogens with one attached hydrogen (secondary N) is 2. The van der Waals surface area contributed by atoms with Crippen molar-refractivity contribution < 1.29 is 39.6 Å². The summed E-state index contributed by atoms with van der Waals surface area (Å²) in [6, 6.07) is 5.51. The molecule has 0 aliphatic heterocycles. The number of phenolic OH excluding ortho intramolecular Hbond substituents is 2. The number of amides is 2. The summed E-state index contributed by atoms with van der Waals surface area (Å²) >= 11 is 1.18. The number of carboxylic acids is 2. The summed E-state index contributed by atoms with van der Waals surface area (Å²) in [5, 5.41) is 50.8. The standard InChI is InChI=1S/C48H76N2O8S/c1-19-33(49-35(51)21-3)47(17,41(55)56)39(27-23-29(43(5,6)7)37(53)30(24-27)44(8,9)10)59-40(48(18,42(57)58)34(20-2)50-36(52)22-4)28-25-31(45(11,12)13)38(54)32(26-28)46(14,15)16/h23-26,33-34,39-40,53-54H,19-22H2,1-18H3,(H,49,51)(H,50,52)(H,55,56)(H,57,58). The van der Waals surface area contributed by atoms with Crippen LogP contribution in [0.25, 0.3) is 0 Å². The molecule has 0 saturated carbocycles. The van der Waals surface area contributed by atoms with E-state index < -0.39 is 67.0 Å². The summed E-state index contributed by atoms with van der Waals surface area (Å²) in [6.45, 7) is 33.9. The molecule has 0 spiro atoms. The van der Waals surface area contributed by atoms with Crippen LogP contribution in [0.4, 0.5) is 0 Å². The number of hydrogen-bond acceptors (Lipinski definition) is 7. The van der Waals surface area contributed by atoms with Crippen molar-refractivity contribution in [1.29, 1.82) is 0 Å². The van der Waals surface area contributed by atoms with Crippen molar-refractivity contribution >= 4 is 35.5 Å². The topological polar surface area (TPSA) is 173 Å². The zero-order valence-electron chi connectivity index (χ0n) is 39.3. The molecule has 0 fully saturated rings.